The highest BCUT2D eigenvalue weighted by Gasteiger charge is 2.23. The van der Waals surface area contributed by atoms with E-state index in [1.165, 1.54) is 0 Å². The summed E-state index contributed by atoms with van der Waals surface area (Å²) >= 11 is 1.71. The molecule has 4 rings (SSSR count). The van der Waals surface area contributed by atoms with Crippen LogP contribution in [-0.2, 0) is 0 Å². The second kappa shape index (κ2) is 7.31. The van der Waals surface area contributed by atoms with Crippen molar-refractivity contribution in [3.63, 3.8) is 0 Å². The number of fused-ring (bicyclic) bond motifs is 2. The first kappa shape index (κ1) is 17.4. The maximum absolute atomic E-state index is 12.8. The number of hydrogen-bond acceptors (Lipinski definition) is 7. The number of thioether (sulfide) groups is 1. The summed E-state index contributed by atoms with van der Waals surface area (Å²) in [6.45, 7) is 1.88. The monoisotopic (exact) mass is 382 g/mol. The highest BCUT2D eigenvalue weighted by molar-refractivity contribution is 7.98. The summed E-state index contributed by atoms with van der Waals surface area (Å²) in [6.07, 6.45) is 6.27. The standard InChI is InChI=1S/C17H18N8OS/c1-11-6-8-18-17-20-14(23-25(11)17)16(26)19-12(7-10-27-2)15-22-21-13-5-3-4-9-24(13)15/h3-6,8-9,12H,7,10H2,1-2H3,(H,19,26). The summed E-state index contributed by atoms with van der Waals surface area (Å²) in [5.74, 6) is 1.67. The quantitative estimate of drug-likeness (QED) is 0.541. The van der Waals surface area contributed by atoms with E-state index in [-0.39, 0.29) is 17.8 Å². The number of pyridine rings is 1. The van der Waals surface area contributed by atoms with E-state index in [0.717, 1.165) is 17.1 Å². The van der Waals surface area contributed by atoms with Crippen molar-refractivity contribution in [2.75, 3.05) is 12.0 Å². The molecule has 1 atom stereocenters. The maximum atomic E-state index is 12.8. The molecule has 0 aromatic carbocycles. The summed E-state index contributed by atoms with van der Waals surface area (Å²) in [5, 5.41) is 15.7. The van der Waals surface area contributed by atoms with Crippen LogP contribution in [0.3, 0.4) is 0 Å². The van der Waals surface area contributed by atoms with Gasteiger partial charge in [0.05, 0.1) is 6.04 Å². The van der Waals surface area contributed by atoms with E-state index in [1.54, 1.807) is 22.5 Å². The summed E-state index contributed by atoms with van der Waals surface area (Å²) < 4.78 is 3.44. The van der Waals surface area contributed by atoms with E-state index < -0.39 is 0 Å². The average molecular weight is 382 g/mol. The van der Waals surface area contributed by atoms with Crippen molar-refractivity contribution < 1.29 is 4.79 Å². The predicted molar refractivity (Wildman–Crippen MR) is 102 cm³/mol. The third-order valence-electron chi connectivity index (χ3n) is 4.20. The zero-order valence-electron chi connectivity index (χ0n) is 14.9. The SMILES string of the molecule is CSCCC(NC(=O)c1nc2nccc(C)n2n1)c1nnc2ccccn12. The van der Waals surface area contributed by atoms with Gasteiger partial charge < -0.3 is 5.32 Å². The van der Waals surface area contributed by atoms with Crippen molar-refractivity contribution in [3.8, 4) is 0 Å². The highest BCUT2D eigenvalue weighted by atomic mass is 32.2. The Morgan fingerprint density at radius 2 is 2.19 bits per heavy atom. The third kappa shape index (κ3) is 3.35. The number of nitrogens with zero attached hydrogens (tertiary/aromatic N) is 7. The van der Waals surface area contributed by atoms with Gasteiger partial charge in [-0.15, -0.1) is 15.3 Å². The van der Waals surface area contributed by atoms with Crippen molar-refractivity contribution >= 4 is 29.1 Å². The Kier molecular flexibility index (Phi) is 4.71. The fraction of sp³-hybridized carbons (Fsp3) is 0.294. The number of rotatable bonds is 6. The molecule has 1 unspecified atom stereocenters. The van der Waals surface area contributed by atoms with Crippen LogP contribution in [0, 0.1) is 6.92 Å². The van der Waals surface area contributed by atoms with Gasteiger partial charge in [-0.2, -0.15) is 16.7 Å². The van der Waals surface area contributed by atoms with Gasteiger partial charge in [-0.3, -0.25) is 9.20 Å². The van der Waals surface area contributed by atoms with Crippen molar-refractivity contribution in [2.24, 2.45) is 0 Å². The van der Waals surface area contributed by atoms with Crippen molar-refractivity contribution in [1.29, 1.82) is 0 Å². The van der Waals surface area contributed by atoms with Gasteiger partial charge in [0.25, 0.3) is 11.7 Å². The van der Waals surface area contributed by atoms with Crippen molar-refractivity contribution in [2.45, 2.75) is 19.4 Å². The van der Waals surface area contributed by atoms with Crippen LogP contribution in [0.15, 0.2) is 36.7 Å². The topological polar surface area (TPSA) is 102 Å². The normalized spacial score (nSPS) is 12.5. The van der Waals surface area contributed by atoms with Crippen molar-refractivity contribution in [3.05, 3.63) is 54.0 Å². The number of nitrogens with one attached hydrogen (secondary N) is 1. The van der Waals surface area contributed by atoms with Crippen LogP contribution in [0.5, 0.6) is 0 Å². The first-order chi connectivity index (χ1) is 13.2. The van der Waals surface area contributed by atoms with Gasteiger partial charge in [0.2, 0.25) is 5.82 Å². The molecule has 9 nitrogen and oxygen atoms in total. The Morgan fingerprint density at radius 3 is 3.00 bits per heavy atom. The van der Waals surface area contributed by atoms with E-state index in [4.69, 9.17) is 0 Å². The molecule has 0 saturated carbocycles. The van der Waals surface area contributed by atoms with Crippen LogP contribution in [0.4, 0.5) is 0 Å². The van der Waals surface area contributed by atoms with Crippen LogP contribution < -0.4 is 5.32 Å². The Balaban J connectivity index is 1.64. The predicted octanol–water partition coefficient (Wildman–Crippen LogP) is 1.70. The van der Waals surface area contributed by atoms with Crippen LogP contribution in [0.2, 0.25) is 0 Å². The molecule has 0 bridgehead atoms. The van der Waals surface area contributed by atoms with E-state index in [0.29, 0.717) is 18.0 Å². The molecule has 0 saturated heterocycles. The largest absolute Gasteiger partial charge is 0.339 e. The van der Waals surface area contributed by atoms with Gasteiger partial charge >= 0.3 is 0 Å². The molecule has 4 aromatic rings. The second-order valence-corrected chi connectivity index (χ2v) is 7.01. The number of carbonyl (C=O) groups is 1. The van der Waals surface area contributed by atoms with E-state index >= 15 is 0 Å². The third-order valence-corrected chi connectivity index (χ3v) is 4.84. The minimum Gasteiger partial charge on any atom is -0.339 e. The summed E-state index contributed by atoms with van der Waals surface area (Å²) in [4.78, 5) is 21.2. The molecule has 10 heteroatoms. The molecule has 1 N–H and O–H groups in total. The maximum Gasteiger partial charge on any atom is 0.291 e. The Bertz CT molecular complexity index is 1100. The fourth-order valence-corrected chi connectivity index (χ4v) is 3.30. The lowest BCUT2D eigenvalue weighted by Crippen LogP contribution is -2.31. The lowest BCUT2D eigenvalue weighted by atomic mass is 10.2. The number of amides is 1. The van der Waals surface area contributed by atoms with Gasteiger partial charge in [-0.25, -0.2) is 9.50 Å². The molecule has 4 aromatic heterocycles. The van der Waals surface area contributed by atoms with Crippen LogP contribution in [0.1, 0.15) is 34.6 Å². The Labute approximate surface area is 159 Å². The Hall–Kier alpha value is -3.01. The molecule has 0 spiro atoms. The molecule has 0 fully saturated rings. The van der Waals surface area contributed by atoms with Gasteiger partial charge in [0.15, 0.2) is 11.5 Å². The van der Waals surface area contributed by atoms with Gasteiger partial charge in [-0.1, -0.05) is 6.07 Å². The highest BCUT2D eigenvalue weighted by Crippen LogP contribution is 2.18. The Morgan fingerprint density at radius 1 is 1.30 bits per heavy atom. The number of carbonyl (C=O) groups excluding carboxylic acids is 1. The number of aryl methyl sites for hydroxylation is 1. The lowest BCUT2D eigenvalue weighted by molar-refractivity contribution is 0.0923. The molecular formula is C17H18N8OS. The molecule has 138 valence electrons. The van der Waals surface area contributed by atoms with Gasteiger partial charge in [0, 0.05) is 18.1 Å². The molecule has 0 aliphatic heterocycles. The lowest BCUT2D eigenvalue weighted by Gasteiger charge is -2.15. The zero-order valence-corrected chi connectivity index (χ0v) is 15.7. The molecule has 27 heavy (non-hydrogen) atoms. The average Bonchev–Trinajstić information content (AvgIpc) is 3.30. The zero-order chi connectivity index (χ0) is 18.8. The molecule has 4 heterocycles. The van der Waals surface area contributed by atoms with E-state index in [9.17, 15) is 4.79 Å². The first-order valence-corrected chi connectivity index (χ1v) is 9.84. The minimum atomic E-state index is -0.362. The van der Waals surface area contributed by atoms with Gasteiger partial charge in [-0.05, 0) is 43.6 Å². The summed E-state index contributed by atoms with van der Waals surface area (Å²) in [6, 6.07) is 7.20. The first-order valence-electron chi connectivity index (χ1n) is 8.45. The number of hydrogen-bond donors (Lipinski definition) is 1. The van der Waals surface area contributed by atoms with Crippen LogP contribution in [0.25, 0.3) is 11.4 Å². The number of aromatic nitrogens is 7. The molecular weight excluding hydrogens is 364 g/mol. The smallest absolute Gasteiger partial charge is 0.291 e. The van der Waals surface area contributed by atoms with Crippen LogP contribution >= 0.6 is 11.8 Å². The van der Waals surface area contributed by atoms with E-state index in [1.807, 2.05) is 48.0 Å². The fourth-order valence-electron chi connectivity index (χ4n) is 2.82. The second-order valence-electron chi connectivity index (χ2n) is 6.03. The van der Waals surface area contributed by atoms with Crippen molar-refractivity contribution in [1.82, 2.24) is 39.5 Å². The molecule has 1 amide bonds. The van der Waals surface area contributed by atoms with Gasteiger partial charge in [0.1, 0.15) is 0 Å². The summed E-state index contributed by atoms with van der Waals surface area (Å²) in [5.41, 5.74) is 1.59. The minimum absolute atomic E-state index is 0.0831. The molecule has 0 aliphatic rings. The van der Waals surface area contributed by atoms with Crippen LogP contribution in [-0.4, -0.2) is 52.1 Å². The molecule has 0 radical (unpaired) electrons. The summed E-state index contributed by atoms with van der Waals surface area (Å²) in [7, 11) is 0. The molecule has 0 aliphatic carbocycles. The van der Waals surface area contributed by atoms with E-state index in [2.05, 4.69) is 30.6 Å².